The molecule has 2 atom stereocenters. The van der Waals surface area contributed by atoms with E-state index >= 15 is 0 Å². The molecule has 0 aliphatic heterocycles. The topological polar surface area (TPSA) is 60.9 Å². The predicted octanol–water partition coefficient (Wildman–Crippen LogP) is 1.30. The lowest BCUT2D eigenvalue weighted by Gasteiger charge is -2.30. The molecule has 1 fully saturated rings. The number of aliphatic hydroxyl groups excluding tert-OH is 1. The molecule has 4 nitrogen and oxygen atoms in total. The minimum atomic E-state index is 0.344. The number of aromatic amines is 1. The molecular weight excluding hydrogens is 202 g/mol. The minimum absolute atomic E-state index is 0.344. The van der Waals surface area contributed by atoms with Crippen molar-refractivity contribution >= 4 is 0 Å². The van der Waals surface area contributed by atoms with E-state index in [1.807, 2.05) is 6.07 Å². The SMILES string of the molecule is OCC1CCCCC1CNCc1ccn[nH]1. The summed E-state index contributed by atoms with van der Waals surface area (Å²) in [4.78, 5) is 0. The molecule has 0 amide bonds. The molecule has 1 aromatic heterocycles. The first-order chi connectivity index (χ1) is 7.90. The zero-order valence-corrected chi connectivity index (χ0v) is 9.65. The molecule has 0 aromatic carbocycles. The standard InChI is InChI=1S/C12H21N3O/c16-9-11-4-2-1-3-10(11)7-13-8-12-5-6-14-15-12/h5-6,10-11,13,16H,1-4,7-9H2,(H,14,15). The molecule has 1 saturated carbocycles. The van der Waals surface area contributed by atoms with Crippen molar-refractivity contribution < 1.29 is 5.11 Å². The van der Waals surface area contributed by atoms with Gasteiger partial charge in [0.15, 0.2) is 0 Å². The summed E-state index contributed by atoms with van der Waals surface area (Å²) in [5.41, 5.74) is 1.12. The Kier molecular flexibility index (Phi) is 4.36. The first kappa shape index (κ1) is 11.6. The lowest BCUT2D eigenvalue weighted by molar-refractivity contribution is 0.133. The molecule has 0 radical (unpaired) electrons. The molecule has 2 rings (SSSR count). The van der Waals surface area contributed by atoms with Gasteiger partial charge in [0.25, 0.3) is 0 Å². The van der Waals surface area contributed by atoms with Crippen molar-refractivity contribution in [1.82, 2.24) is 15.5 Å². The summed E-state index contributed by atoms with van der Waals surface area (Å²) in [5, 5.41) is 19.6. The van der Waals surface area contributed by atoms with Crippen LogP contribution in [0, 0.1) is 11.8 Å². The van der Waals surface area contributed by atoms with Crippen molar-refractivity contribution in [3.05, 3.63) is 18.0 Å². The Morgan fingerprint density at radius 3 is 2.88 bits per heavy atom. The van der Waals surface area contributed by atoms with Crippen molar-refractivity contribution in [1.29, 1.82) is 0 Å². The van der Waals surface area contributed by atoms with Crippen LogP contribution in [0.25, 0.3) is 0 Å². The molecule has 2 unspecified atom stereocenters. The highest BCUT2D eigenvalue weighted by molar-refractivity contribution is 4.96. The number of nitrogens with one attached hydrogen (secondary N) is 2. The van der Waals surface area contributed by atoms with Gasteiger partial charge in [0.1, 0.15) is 0 Å². The van der Waals surface area contributed by atoms with Crippen LogP contribution in [-0.4, -0.2) is 28.5 Å². The van der Waals surface area contributed by atoms with Crippen LogP contribution in [0.4, 0.5) is 0 Å². The summed E-state index contributed by atoms with van der Waals surface area (Å²) in [6.45, 7) is 2.19. The van der Waals surface area contributed by atoms with Gasteiger partial charge in [-0.2, -0.15) is 5.10 Å². The van der Waals surface area contributed by atoms with Crippen molar-refractivity contribution in [2.24, 2.45) is 11.8 Å². The van der Waals surface area contributed by atoms with Crippen LogP contribution in [0.15, 0.2) is 12.3 Å². The van der Waals surface area contributed by atoms with Gasteiger partial charge < -0.3 is 10.4 Å². The average Bonchev–Trinajstić information content (AvgIpc) is 2.83. The van der Waals surface area contributed by atoms with E-state index < -0.39 is 0 Å². The van der Waals surface area contributed by atoms with Crippen LogP contribution in [0.3, 0.4) is 0 Å². The van der Waals surface area contributed by atoms with E-state index in [9.17, 15) is 5.11 Å². The third-order valence-electron chi connectivity index (χ3n) is 3.58. The fraction of sp³-hybridized carbons (Fsp3) is 0.750. The van der Waals surface area contributed by atoms with E-state index in [2.05, 4.69) is 15.5 Å². The fourth-order valence-electron chi connectivity index (χ4n) is 2.57. The average molecular weight is 223 g/mol. The predicted molar refractivity (Wildman–Crippen MR) is 62.8 cm³/mol. The number of H-pyrrole nitrogens is 1. The zero-order valence-electron chi connectivity index (χ0n) is 9.65. The van der Waals surface area contributed by atoms with Gasteiger partial charge in [-0.3, -0.25) is 5.10 Å². The van der Waals surface area contributed by atoms with E-state index in [4.69, 9.17) is 0 Å². The van der Waals surface area contributed by atoms with E-state index in [0.29, 0.717) is 18.4 Å². The smallest absolute Gasteiger partial charge is 0.0490 e. The second-order valence-corrected chi connectivity index (χ2v) is 4.70. The van der Waals surface area contributed by atoms with Crippen molar-refractivity contribution in [2.45, 2.75) is 32.2 Å². The maximum atomic E-state index is 9.30. The lowest BCUT2D eigenvalue weighted by atomic mass is 9.79. The first-order valence-electron chi connectivity index (χ1n) is 6.20. The van der Waals surface area contributed by atoms with E-state index in [1.165, 1.54) is 25.7 Å². The number of hydrogen-bond donors (Lipinski definition) is 3. The van der Waals surface area contributed by atoms with Gasteiger partial charge in [-0.15, -0.1) is 0 Å². The van der Waals surface area contributed by atoms with E-state index in [0.717, 1.165) is 18.8 Å². The maximum absolute atomic E-state index is 9.30. The number of nitrogens with zero attached hydrogens (tertiary/aromatic N) is 1. The Morgan fingerprint density at radius 1 is 1.38 bits per heavy atom. The normalized spacial score (nSPS) is 25.8. The van der Waals surface area contributed by atoms with E-state index in [1.54, 1.807) is 6.20 Å². The first-order valence-corrected chi connectivity index (χ1v) is 6.20. The summed E-state index contributed by atoms with van der Waals surface area (Å²) in [6.07, 6.45) is 6.80. The van der Waals surface area contributed by atoms with Gasteiger partial charge in [-0.1, -0.05) is 12.8 Å². The monoisotopic (exact) mass is 223 g/mol. The third kappa shape index (κ3) is 3.06. The quantitative estimate of drug-likeness (QED) is 0.705. The highest BCUT2D eigenvalue weighted by Gasteiger charge is 2.23. The molecule has 1 heterocycles. The Balaban J connectivity index is 1.71. The second-order valence-electron chi connectivity index (χ2n) is 4.70. The minimum Gasteiger partial charge on any atom is -0.396 e. The lowest BCUT2D eigenvalue weighted by Crippen LogP contribution is -2.32. The van der Waals surface area contributed by atoms with Crippen LogP contribution < -0.4 is 5.32 Å². The summed E-state index contributed by atoms with van der Waals surface area (Å²) in [6, 6.07) is 1.98. The molecule has 0 saturated heterocycles. The molecule has 1 aliphatic carbocycles. The summed E-state index contributed by atoms with van der Waals surface area (Å²) < 4.78 is 0. The molecule has 4 heteroatoms. The van der Waals surface area contributed by atoms with Crippen LogP contribution >= 0.6 is 0 Å². The third-order valence-corrected chi connectivity index (χ3v) is 3.58. The summed E-state index contributed by atoms with van der Waals surface area (Å²) in [5.74, 6) is 1.14. The van der Waals surface area contributed by atoms with Gasteiger partial charge in [0.2, 0.25) is 0 Å². The number of hydrogen-bond acceptors (Lipinski definition) is 3. The molecule has 3 N–H and O–H groups in total. The van der Waals surface area contributed by atoms with Crippen molar-refractivity contribution in [3.63, 3.8) is 0 Å². The number of aromatic nitrogens is 2. The van der Waals surface area contributed by atoms with Gasteiger partial charge in [0, 0.05) is 25.0 Å². The Bertz CT molecular complexity index is 286. The molecule has 0 spiro atoms. The van der Waals surface area contributed by atoms with Crippen LogP contribution in [0.5, 0.6) is 0 Å². The van der Waals surface area contributed by atoms with Gasteiger partial charge in [0.05, 0.1) is 0 Å². The Hall–Kier alpha value is -0.870. The highest BCUT2D eigenvalue weighted by Crippen LogP contribution is 2.29. The van der Waals surface area contributed by atoms with Crippen LogP contribution in [-0.2, 0) is 6.54 Å². The van der Waals surface area contributed by atoms with Crippen molar-refractivity contribution in [3.8, 4) is 0 Å². The fourth-order valence-corrected chi connectivity index (χ4v) is 2.57. The summed E-state index contributed by atoms with van der Waals surface area (Å²) in [7, 11) is 0. The van der Waals surface area contributed by atoms with E-state index in [-0.39, 0.29) is 0 Å². The molecule has 16 heavy (non-hydrogen) atoms. The van der Waals surface area contributed by atoms with Gasteiger partial charge in [-0.05, 0) is 37.3 Å². The molecule has 1 aliphatic rings. The van der Waals surface area contributed by atoms with Crippen molar-refractivity contribution in [2.75, 3.05) is 13.2 Å². The molecule has 90 valence electrons. The van der Waals surface area contributed by atoms with Gasteiger partial charge >= 0.3 is 0 Å². The van der Waals surface area contributed by atoms with Gasteiger partial charge in [-0.25, -0.2) is 0 Å². The maximum Gasteiger partial charge on any atom is 0.0490 e. The molecule has 0 bridgehead atoms. The Labute approximate surface area is 96.5 Å². The number of aliphatic hydroxyl groups is 1. The van der Waals surface area contributed by atoms with Crippen LogP contribution in [0.1, 0.15) is 31.4 Å². The largest absolute Gasteiger partial charge is 0.396 e. The van der Waals surface area contributed by atoms with Crippen LogP contribution in [0.2, 0.25) is 0 Å². The Morgan fingerprint density at radius 2 is 2.19 bits per heavy atom. The molecule has 1 aromatic rings. The summed E-state index contributed by atoms with van der Waals surface area (Å²) >= 11 is 0. The molecular formula is C12H21N3O. The highest BCUT2D eigenvalue weighted by atomic mass is 16.3. The number of rotatable bonds is 5. The zero-order chi connectivity index (χ0) is 11.2. The second kappa shape index (κ2) is 6.01.